The maximum absolute atomic E-state index is 12.8. The van der Waals surface area contributed by atoms with E-state index in [4.69, 9.17) is 4.74 Å². The molecule has 0 aromatic rings. The molecule has 0 unspecified atom stereocenters. The van der Waals surface area contributed by atoms with Crippen molar-refractivity contribution in [3.63, 3.8) is 0 Å². The standard InChI is InChI=1S/C14H25N3O2/c18-13(16-8-10-19-11-9-16)17-7-6-15-12-14(17)4-2-1-3-5-14/h15H,1-12H2. The van der Waals surface area contributed by atoms with E-state index in [1.165, 1.54) is 19.3 Å². The van der Waals surface area contributed by atoms with Gasteiger partial charge in [0.2, 0.25) is 0 Å². The van der Waals surface area contributed by atoms with Gasteiger partial charge in [-0.2, -0.15) is 0 Å². The number of ether oxygens (including phenoxy) is 1. The number of carbonyl (C=O) groups excluding carboxylic acids is 1. The maximum atomic E-state index is 12.8. The van der Waals surface area contributed by atoms with Gasteiger partial charge in [0.15, 0.2) is 0 Å². The van der Waals surface area contributed by atoms with Crippen LogP contribution in [0.25, 0.3) is 0 Å². The van der Waals surface area contributed by atoms with Crippen molar-refractivity contribution < 1.29 is 9.53 Å². The molecule has 2 amide bonds. The molecule has 0 aromatic carbocycles. The Bertz CT molecular complexity index is 314. The highest BCUT2D eigenvalue weighted by Gasteiger charge is 2.43. The molecule has 0 atom stereocenters. The maximum Gasteiger partial charge on any atom is 0.320 e. The van der Waals surface area contributed by atoms with E-state index in [2.05, 4.69) is 10.2 Å². The largest absolute Gasteiger partial charge is 0.378 e. The quantitative estimate of drug-likeness (QED) is 0.713. The van der Waals surface area contributed by atoms with Crippen LogP contribution in [-0.2, 0) is 4.74 Å². The van der Waals surface area contributed by atoms with E-state index in [1.807, 2.05) is 4.90 Å². The first kappa shape index (κ1) is 13.2. The molecule has 2 saturated heterocycles. The molecule has 108 valence electrons. The van der Waals surface area contributed by atoms with Gasteiger partial charge in [0.1, 0.15) is 0 Å². The second-order valence-corrected chi connectivity index (χ2v) is 6.00. The third kappa shape index (κ3) is 2.58. The number of urea groups is 1. The predicted molar refractivity (Wildman–Crippen MR) is 73.2 cm³/mol. The summed E-state index contributed by atoms with van der Waals surface area (Å²) >= 11 is 0. The highest BCUT2D eigenvalue weighted by Crippen LogP contribution is 2.35. The summed E-state index contributed by atoms with van der Waals surface area (Å²) < 4.78 is 5.35. The van der Waals surface area contributed by atoms with Gasteiger partial charge < -0.3 is 19.9 Å². The Labute approximate surface area is 115 Å². The highest BCUT2D eigenvalue weighted by atomic mass is 16.5. The molecule has 3 aliphatic rings. The van der Waals surface area contributed by atoms with Crippen LogP contribution in [-0.4, -0.2) is 67.3 Å². The average molecular weight is 267 g/mol. The van der Waals surface area contributed by atoms with Crippen LogP contribution < -0.4 is 5.32 Å². The van der Waals surface area contributed by atoms with Crippen LogP contribution in [0.15, 0.2) is 0 Å². The SMILES string of the molecule is O=C(N1CCOCC1)N1CCNCC12CCCCC2. The lowest BCUT2D eigenvalue weighted by molar-refractivity contribution is 0.00962. The van der Waals surface area contributed by atoms with Gasteiger partial charge in [-0.25, -0.2) is 4.79 Å². The molecule has 1 saturated carbocycles. The molecule has 2 aliphatic heterocycles. The lowest BCUT2D eigenvalue weighted by Gasteiger charge is -2.51. The Morgan fingerprint density at radius 2 is 1.79 bits per heavy atom. The smallest absolute Gasteiger partial charge is 0.320 e. The van der Waals surface area contributed by atoms with Crippen LogP contribution in [0.3, 0.4) is 0 Å². The second kappa shape index (κ2) is 5.67. The third-order valence-electron chi connectivity index (χ3n) is 4.84. The molecule has 19 heavy (non-hydrogen) atoms. The topological polar surface area (TPSA) is 44.8 Å². The zero-order valence-electron chi connectivity index (χ0n) is 11.7. The fraction of sp³-hybridized carbons (Fsp3) is 0.929. The van der Waals surface area contributed by atoms with Crippen molar-refractivity contribution in [3.8, 4) is 0 Å². The van der Waals surface area contributed by atoms with Crippen LogP contribution >= 0.6 is 0 Å². The normalized spacial score (nSPS) is 27.6. The van der Waals surface area contributed by atoms with Crippen LogP contribution in [0, 0.1) is 0 Å². The minimum atomic E-state index is 0.0892. The molecule has 0 aromatic heterocycles. The lowest BCUT2D eigenvalue weighted by atomic mass is 9.79. The summed E-state index contributed by atoms with van der Waals surface area (Å²) in [5.41, 5.74) is 0.0892. The molecular formula is C14H25N3O2. The fourth-order valence-corrected chi connectivity index (χ4v) is 3.72. The number of hydrogen-bond acceptors (Lipinski definition) is 3. The van der Waals surface area contributed by atoms with Crippen LogP contribution in [0.4, 0.5) is 4.79 Å². The number of amides is 2. The van der Waals surface area contributed by atoms with Gasteiger partial charge in [-0.15, -0.1) is 0 Å². The van der Waals surface area contributed by atoms with Gasteiger partial charge in [0, 0.05) is 32.7 Å². The van der Waals surface area contributed by atoms with E-state index in [1.54, 1.807) is 0 Å². The van der Waals surface area contributed by atoms with Crippen molar-refractivity contribution in [1.82, 2.24) is 15.1 Å². The first-order valence-corrected chi connectivity index (χ1v) is 7.67. The molecule has 5 nitrogen and oxygen atoms in total. The number of rotatable bonds is 0. The van der Waals surface area contributed by atoms with E-state index >= 15 is 0 Å². The monoisotopic (exact) mass is 267 g/mol. The summed E-state index contributed by atoms with van der Waals surface area (Å²) in [6, 6.07) is 0.242. The van der Waals surface area contributed by atoms with E-state index in [-0.39, 0.29) is 11.6 Å². The Morgan fingerprint density at radius 1 is 1.05 bits per heavy atom. The number of nitrogens with one attached hydrogen (secondary N) is 1. The van der Waals surface area contributed by atoms with Crippen molar-refractivity contribution in [2.24, 2.45) is 0 Å². The number of morpholine rings is 1. The molecular weight excluding hydrogens is 242 g/mol. The minimum Gasteiger partial charge on any atom is -0.378 e. The fourth-order valence-electron chi connectivity index (χ4n) is 3.72. The number of piperazine rings is 1. The van der Waals surface area contributed by atoms with E-state index in [0.717, 1.165) is 45.6 Å². The van der Waals surface area contributed by atoms with Gasteiger partial charge in [-0.1, -0.05) is 19.3 Å². The first-order valence-electron chi connectivity index (χ1n) is 7.67. The molecule has 0 radical (unpaired) electrons. The Balaban J connectivity index is 1.73. The van der Waals surface area contributed by atoms with E-state index in [0.29, 0.717) is 13.2 Å². The molecule has 1 N–H and O–H groups in total. The third-order valence-corrected chi connectivity index (χ3v) is 4.84. The Morgan fingerprint density at radius 3 is 2.53 bits per heavy atom. The average Bonchev–Trinajstić information content (AvgIpc) is 2.49. The minimum absolute atomic E-state index is 0.0892. The Hall–Kier alpha value is -0.810. The van der Waals surface area contributed by atoms with Crippen LogP contribution in [0.2, 0.25) is 0 Å². The zero-order chi connectivity index (χ0) is 13.1. The molecule has 1 aliphatic carbocycles. The molecule has 3 rings (SSSR count). The van der Waals surface area contributed by atoms with Crippen LogP contribution in [0.1, 0.15) is 32.1 Å². The number of carbonyl (C=O) groups is 1. The van der Waals surface area contributed by atoms with Crippen molar-refractivity contribution in [2.45, 2.75) is 37.6 Å². The molecule has 1 spiro atoms. The van der Waals surface area contributed by atoms with Gasteiger partial charge >= 0.3 is 6.03 Å². The van der Waals surface area contributed by atoms with Gasteiger partial charge in [-0.05, 0) is 12.8 Å². The molecule has 0 bridgehead atoms. The molecule has 5 heteroatoms. The summed E-state index contributed by atoms with van der Waals surface area (Å²) in [5.74, 6) is 0. The summed E-state index contributed by atoms with van der Waals surface area (Å²) in [7, 11) is 0. The van der Waals surface area contributed by atoms with Crippen molar-refractivity contribution in [2.75, 3.05) is 45.9 Å². The lowest BCUT2D eigenvalue weighted by Crippen LogP contribution is -2.66. The molecule has 3 fully saturated rings. The summed E-state index contributed by atoms with van der Waals surface area (Å²) in [6.07, 6.45) is 6.16. The summed E-state index contributed by atoms with van der Waals surface area (Å²) in [6.45, 7) is 5.63. The number of hydrogen-bond donors (Lipinski definition) is 1. The Kier molecular flexibility index (Phi) is 3.93. The predicted octanol–water partition coefficient (Wildman–Crippen LogP) is 1.05. The summed E-state index contributed by atoms with van der Waals surface area (Å²) in [4.78, 5) is 16.9. The van der Waals surface area contributed by atoms with Gasteiger partial charge in [-0.3, -0.25) is 0 Å². The van der Waals surface area contributed by atoms with Crippen LogP contribution in [0.5, 0.6) is 0 Å². The van der Waals surface area contributed by atoms with Gasteiger partial charge in [0.05, 0.1) is 18.8 Å². The zero-order valence-corrected chi connectivity index (χ0v) is 11.7. The van der Waals surface area contributed by atoms with Crippen molar-refractivity contribution in [1.29, 1.82) is 0 Å². The second-order valence-electron chi connectivity index (χ2n) is 6.00. The number of nitrogens with zero attached hydrogens (tertiary/aromatic N) is 2. The summed E-state index contributed by atoms with van der Waals surface area (Å²) in [5, 5.41) is 3.50. The van der Waals surface area contributed by atoms with Crippen molar-refractivity contribution >= 4 is 6.03 Å². The highest BCUT2D eigenvalue weighted by molar-refractivity contribution is 5.75. The van der Waals surface area contributed by atoms with Gasteiger partial charge in [0.25, 0.3) is 0 Å². The molecule has 2 heterocycles. The van der Waals surface area contributed by atoms with E-state index < -0.39 is 0 Å². The van der Waals surface area contributed by atoms with E-state index in [9.17, 15) is 4.79 Å². The van der Waals surface area contributed by atoms with Crippen molar-refractivity contribution in [3.05, 3.63) is 0 Å². The first-order chi connectivity index (χ1) is 9.32.